The molecule has 100 valence electrons. The molecule has 0 spiro atoms. The van der Waals surface area contributed by atoms with Gasteiger partial charge in [0.05, 0.1) is 6.20 Å². The highest BCUT2D eigenvalue weighted by molar-refractivity contribution is 7.89. The van der Waals surface area contributed by atoms with Crippen molar-refractivity contribution in [1.29, 1.82) is 0 Å². The number of aliphatic carboxylic acids is 1. The summed E-state index contributed by atoms with van der Waals surface area (Å²) in [5.74, 6) is -1.16. The van der Waals surface area contributed by atoms with Crippen LogP contribution >= 0.6 is 0 Å². The van der Waals surface area contributed by atoms with Crippen LogP contribution in [0.2, 0.25) is 0 Å². The average molecular weight is 274 g/mol. The van der Waals surface area contributed by atoms with Crippen LogP contribution in [0.5, 0.6) is 0 Å². The second-order valence-corrected chi connectivity index (χ2v) is 5.91. The predicted octanol–water partition coefficient (Wildman–Crippen LogP) is -1.53. The maximum Gasteiger partial charge on any atom is 0.323 e. The van der Waals surface area contributed by atoms with Gasteiger partial charge in [-0.1, -0.05) is 0 Å². The number of carbonyl (C=O) groups is 1. The topological polar surface area (TPSA) is 105 Å². The van der Waals surface area contributed by atoms with E-state index in [2.05, 4.69) is 10.4 Å². The summed E-state index contributed by atoms with van der Waals surface area (Å²) in [7, 11) is -2.20. The standard InChI is InChI=1S/C9H14N4O4S/c1-12-6-7(4-11-12)18(16,17)13-3-2-10-5-8(13)9(14)15/h4,6,8,10H,2-3,5H2,1H3,(H,14,15). The van der Waals surface area contributed by atoms with Gasteiger partial charge in [-0.3, -0.25) is 9.48 Å². The first-order valence-corrected chi connectivity index (χ1v) is 6.81. The van der Waals surface area contributed by atoms with Crippen LogP contribution in [0.1, 0.15) is 0 Å². The minimum Gasteiger partial charge on any atom is -0.480 e. The van der Waals surface area contributed by atoms with Crippen LogP contribution < -0.4 is 5.32 Å². The Kier molecular flexibility index (Phi) is 3.37. The van der Waals surface area contributed by atoms with Crippen LogP contribution in [0.15, 0.2) is 17.3 Å². The Bertz CT molecular complexity index is 553. The summed E-state index contributed by atoms with van der Waals surface area (Å²) >= 11 is 0. The van der Waals surface area contributed by atoms with Crippen LogP contribution in [0, 0.1) is 0 Å². The number of hydrogen-bond acceptors (Lipinski definition) is 5. The maximum atomic E-state index is 12.3. The molecule has 9 heteroatoms. The van der Waals surface area contributed by atoms with E-state index in [1.165, 1.54) is 17.1 Å². The molecule has 1 unspecified atom stereocenters. The first-order valence-electron chi connectivity index (χ1n) is 5.37. The third-order valence-corrected chi connectivity index (χ3v) is 4.63. The molecular formula is C9H14N4O4S. The summed E-state index contributed by atoms with van der Waals surface area (Å²) in [6.45, 7) is 0.673. The molecule has 2 heterocycles. The van der Waals surface area contributed by atoms with Crippen molar-refractivity contribution in [2.24, 2.45) is 7.05 Å². The minimum atomic E-state index is -3.81. The molecule has 0 radical (unpaired) electrons. The Morgan fingerprint density at radius 1 is 1.61 bits per heavy atom. The lowest BCUT2D eigenvalue weighted by atomic mass is 10.2. The molecule has 1 aromatic heterocycles. The van der Waals surface area contributed by atoms with Gasteiger partial charge < -0.3 is 10.4 Å². The van der Waals surface area contributed by atoms with Gasteiger partial charge in [0.25, 0.3) is 0 Å². The van der Waals surface area contributed by atoms with Crippen LogP contribution in [-0.4, -0.2) is 59.3 Å². The lowest BCUT2D eigenvalue weighted by molar-refractivity contribution is -0.141. The van der Waals surface area contributed by atoms with Crippen molar-refractivity contribution in [3.05, 3.63) is 12.4 Å². The molecule has 1 aromatic rings. The summed E-state index contributed by atoms with van der Waals surface area (Å²) in [5, 5.41) is 15.7. The summed E-state index contributed by atoms with van der Waals surface area (Å²) in [4.78, 5) is 11.1. The van der Waals surface area contributed by atoms with Gasteiger partial charge in [-0.2, -0.15) is 9.40 Å². The number of aryl methyl sites for hydroxylation is 1. The molecule has 1 saturated heterocycles. The molecule has 0 aromatic carbocycles. The van der Waals surface area contributed by atoms with E-state index in [1.54, 1.807) is 7.05 Å². The normalized spacial score (nSPS) is 21.9. The van der Waals surface area contributed by atoms with Crippen molar-refractivity contribution in [2.45, 2.75) is 10.9 Å². The molecule has 1 aliphatic rings. The number of aromatic nitrogens is 2. The summed E-state index contributed by atoms with van der Waals surface area (Å²) in [5.41, 5.74) is 0. The highest BCUT2D eigenvalue weighted by Crippen LogP contribution is 2.18. The van der Waals surface area contributed by atoms with Crippen LogP contribution in [0.3, 0.4) is 0 Å². The lowest BCUT2D eigenvalue weighted by Gasteiger charge is -2.31. The van der Waals surface area contributed by atoms with Crippen LogP contribution in [-0.2, 0) is 21.9 Å². The molecule has 1 atom stereocenters. The highest BCUT2D eigenvalue weighted by Gasteiger charge is 2.38. The van der Waals surface area contributed by atoms with Gasteiger partial charge >= 0.3 is 5.97 Å². The molecule has 1 aliphatic heterocycles. The van der Waals surface area contributed by atoms with Crippen molar-refractivity contribution in [1.82, 2.24) is 19.4 Å². The van der Waals surface area contributed by atoms with Crippen molar-refractivity contribution in [3.63, 3.8) is 0 Å². The van der Waals surface area contributed by atoms with E-state index in [4.69, 9.17) is 5.11 Å². The highest BCUT2D eigenvalue weighted by atomic mass is 32.2. The average Bonchev–Trinajstić information content (AvgIpc) is 2.76. The lowest BCUT2D eigenvalue weighted by Crippen LogP contribution is -2.56. The van der Waals surface area contributed by atoms with Crippen molar-refractivity contribution < 1.29 is 18.3 Å². The van der Waals surface area contributed by atoms with E-state index in [-0.39, 0.29) is 18.0 Å². The van der Waals surface area contributed by atoms with E-state index < -0.39 is 22.0 Å². The zero-order valence-electron chi connectivity index (χ0n) is 9.78. The second kappa shape index (κ2) is 4.67. The van der Waals surface area contributed by atoms with Gasteiger partial charge in [0.15, 0.2) is 0 Å². The number of carboxylic acids is 1. The van der Waals surface area contributed by atoms with Crippen molar-refractivity contribution >= 4 is 16.0 Å². The Morgan fingerprint density at radius 2 is 2.33 bits per heavy atom. The van der Waals surface area contributed by atoms with Gasteiger partial charge in [-0.25, -0.2) is 8.42 Å². The molecule has 0 saturated carbocycles. The summed E-state index contributed by atoms with van der Waals surface area (Å²) < 4.78 is 27.0. The molecule has 0 aliphatic carbocycles. The molecule has 8 nitrogen and oxygen atoms in total. The molecule has 18 heavy (non-hydrogen) atoms. The molecular weight excluding hydrogens is 260 g/mol. The van der Waals surface area contributed by atoms with E-state index in [0.717, 1.165) is 4.31 Å². The van der Waals surface area contributed by atoms with Crippen LogP contribution in [0.25, 0.3) is 0 Å². The van der Waals surface area contributed by atoms with Gasteiger partial charge in [-0.05, 0) is 0 Å². The number of hydrogen-bond donors (Lipinski definition) is 2. The number of carboxylic acid groups (broad SMARTS) is 1. The van der Waals surface area contributed by atoms with E-state index in [1.807, 2.05) is 0 Å². The van der Waals surface area contributed by atoms with Crippen molar-refractivity contribution in [2.75, 3.05) is 19.6 Å². The molecule has 1 fully saturated rings. The third kappa shape index (κ3) is 2.24. The fourth-order valence-electron chi connectivity index (χ4n) is 1.85. The van der Waals surface area contributed by atoms with E-state index in [0.29, 0.717) is 6.54 Å². The Labute approximate surface area is 104 Å². The van der Waals surface area contributed by atoms with Gasteiger partial charge in [-0.15, -0.1) is 0 Å². The number of sulfonamides is 1. The van der Waals surface area contributed by atoms with Crippen LogP contribution in [0.4, 0.5) is 0 Å². The minimum absolute atomic E-state index is 0.0122. The molecule has 0 amide bonds. The molecule has 0 bridgehead atoms. The predicted molar refractivity (Wildman–Crippen MR) is 61.4 cm³/mol. The Balaban J connectivity index is 2.36. The SMILES string of the molecule is Cn1cc(S(=O)(=O)N2CCNCC2C(=O)O)cn1. The second-order valence-electron chi connectivity index (χ2n) is 4.02. The Hall–Kier alpha value is -1.45. The van der Waals surface area contributed by atoms with Gasteiger partial charge in [0.2, 0.25) is 10.0 Å². The first kappa shape index (κ1) is 13.0. The monoisotopic (exact) mass is 274 g/mol. The van der Waals surface area contributed by atoms with Gasteiger partial charge in [0, 0.05) is 32.9 Å². The zero-order valence-corrected chi connectivity index (χ0v) is 10.6. The largest absolute Gasteiger partial charge is 0.480 e. The quantitative estimate of drug-likeness (QED) is 0.692. The molecule has 2 rings (SSSR count). The smallest absolute Gasteiger partial charge is 0.323 e. The first-order chi connectivity index (χ1) is 8.43. The fourth-order valence-corrected chi connectivity index (χ4v) is 3.42. The number of nitrogens with one attached hydrogen (secondary N) is 1. The van der Waals surface area contributed by atoms with Crippen molar-refractivity contribution in [3.8, 4) is 0 Å². The number of rotatable bonds is 3. The maximum absolute atomic E-state index is 12.3. The number of nitrogens with zero attached hydrogens (tertiary/aromatic N) is 3. The Morgan fingerprint density at radius 3 is 2.89 bits per heavy atom. The van der Waals surface area contributed by atoms with Gasteiger partial charge in [0.1, 0.15) is 10.9 Å². The summed E-state index contributed by atoms with van der Waals surface area (Å²) in [6.07, 6.45) is 2.58. The third-order valence-electron chi connectivity index (χ3n) is 2.77. The fraction of sp³-hybridized carbons (Fsp3) is 0.556. The van der Waals surface area contributed by atoms with E-state index >= 15 is 0 Å². The zero-order chi connectivity index (χ0) is 13.3. The number of piperazine rings is 1. The molecule has 2 N–H and O–H groups in total. The summed E-state index contributed by atoms with van der Waals surface area (Å²) in [6, 6.07) is -1.08. The van der Waals surface area contributed by atoms with E-state index in [9.17, 15) is 13.2 Å².